The molecule has 1 N–H and O–H groups in total. The molecule has 7 heteroatoms. The number of carbonyl (C=O) groups is 1. The fourth-order valence-electron chi connectivity index (χ4n) is 2.65. The molecular formula is C15H23N3O3S. The van der Waals surface area contributed by atoms with Crippen LogP contribution in [-0.2, 0) is 14.8 Å². The fourth-order valence-corrected chi connectivity index (χ4v) is 4.24. The monoisotopic (exact) mass is 325 g/mol. The molecule has 1 aliphatic heterocycles. The minimum absolute atomic E-state index is 0.224. The van der Waals surface area contributed by atoms with Gasteiger partial charge in [-0.15, -0.1) is 0 Å². The van der Waals surface area contributed by atoms with Gasteiger partial charge in [0.05, 0.1) is 4.90 Å². The molecule has 0 aromatic heterocycles. The van der Waals surface area contributed by atoms with Crippen molar-refractivity contribution in [3.63, 3.8) is 0 Å². The van der Waals surface area contributed by atoms with Crippen molar-refractivity contribution in [1.82, 2.24) is 14.5 Å². The van der Waals surface area contributed by atoms with Crippen molar-refractivity contribution >= 4 is 15.9 Å². The molecule has 1 aromatic carbocycles. The van der Waals surface area contributed by atoms with Crippen LogP contribution in [0, 0.1) is 0 Å². The molecule has 1 saturated heterocycles. The van der Waals surface area contributed by atoms with Gasteiger partial charge in [0, 0.05) is 32.7 Å². The Kier molecular flexibility index (Phi) is 5.20. The van der Waals surface area contributed by atoms with Gasteiger partial charge in [0.1, 0.15) is 6.04 Å². The molecule has 0 bridgehead atoms. The summed E-state index contributed by atoms with van der Waals surface area (Å²) in [6.45, 7) is 5.43. The van der Waals surface area contributed by atoms with E-state index in [0.717, 1.165) is 0 Å². The van der Waals surface area contributed by atoms with Crippen LogP contribution in [0.1, 0.15) is 13.8 Å². The van der Waals surface area contributed by atoms with Gasteiger partial charge in [0.25, 0.3) is 0 Å². The summed E-state index contributed by atoms with van der Waals surface area (Å²) >= 11 is 0. The Morgan fingerprint density at radius 1 is 1.23 bits per heavy atom. The zero-order valence-corrected chi connectivity index (χ0v) is 14.0. The second-order valence-electron chi connectivity index (χ2n) is 5.65. The topological polar surface area (TPSA) is 69.7 Å². The van der Waals surface area contributed by atoms with Crippen molar-refractivity contribution in [2.75, 3.05) is 26.7 Å². The lowest BCUT2D eigenvalue weighted by molar-refractivity contribution is -0.126. The SMILES string of the molecule is CNC(=O)[C@H]1CN(C(C)C)CCN1S(=O)(=O)c1ccccc1. The minimum atomic E-state index is -3.67. The van der Waals surface area contributed by atoms with Crippen LogP contribution in [0.5, 0.6) is 0 Å². The van der Waals surface area contributed by atoms with Gasteiger partial charge in [-0.05, 0) is 26.0 Å². The van der Waals surface area contributed by atoms with E-state index in [1.54, 1.807) is 30.3 Å². The summed E-state index contributed by atoms with van der Waals surface area (Å²) in [4.78, 5) is 14.5. The Labute approximate surface area is 132 Å². The second-order valence-corrected chi connectivity index (χ2v) is 7.54. The summed E-state index contributed by atoms with van der Waals surface area (Å²) in [5, 5.41) is 2.58. The third-order valence-electron chi connectivity index (χ3n) is 3.99. The van der Waals surface area contributed by atoms with Crippen LogP contribution in [0.15, 0.2) is 35.2 Å². The lowest BCUT2D eigenvalue weighted by atomic mass is 10.1. The first-order chi connectivity index (χ1) is 10.4. The van der Waals surface area contributed by atoms with Crippen LogP contribution < -0.4 is 5.32 Å². The molecule has 22 heavy (non-hydrogen) atoms. The smallest absolute Gasteiger partial charge is 0.243 e. The molecule has 0 aliphatic carbocycles. The van der Waals surface area contributed by atoms with Gasteiger partial charge < -0.3 is 5.32 Å². The van der Waals surface area contributed by atoms with Crippen LogP contribution in [0.2, 0.25) is 0 Å². The number of nitrogens with one attached hydrogen (secondary N) is 1. The predicted octanol–water partition coefficient (Wildman–Crippen LogP) is 0.516. The number of sulfonamides is 1. The number of amides is 1. The highest BCUT2D eigenvalue weighted by Crippen LogP contribution is 2.22. The Balaban J connectivity index is 2.34. The Morgan fingerprint density at radius 2 is 1.86 bits per heavy atom. The zero-order chi connectivity index (χ0) is 16.3. The molecule has 0 radical (unpaired) electrons. The van der Waals surface area contributed by atoms with Crippen molar-refractivity contribution in [2.45, 2.75) is 30.8 Å². The fraction of sp³-hybridized carbons (Fsp3) is 0.533. The number of hydrogen-bond donors (Lipinski definition) is 1. The van der Waals surface area contributed by atoms with E-state index in [9.17, 15) is 13.2 Å². The average molecular weight is 325 g/mol. The van der Waals surface area contributed by atoms with Crippen LogP contribution in [0.3, 0.4) is 0 Å². The van der Waals surface area contributed by atoms with Crippen molar-refractivity contribution in [2.24, 2.45) is 0 Å². The predicted molar refractivity (Wildman–Crippen MR) is 84.9 cm³/mol. The number of likely N-dealkylation sites (N-methyl/N-ethyl adjacent to an activating group) is 1. The third-order valence-corrected chi connectivity index (χ3v) is 5.91. The standard InChI is InChI=1S/C15H23N3O3S/c1-12(2)17-9-10-18(14(11-17)15(19)16-3)22(20,21)13-7-5-4-6-8-13/h4-8,12,14H,9-11H2,1-3H3,(H,16,19)/t14-/m1/s1. The van der Waals surface area contributed by atoms with Crippen molar-refractivity contribution in [3.05, 3.63) is 30.3 Å². The van der Waals surface area contributed by atoms with Gasteiger partial charge in [0.15, 0.2) is 0 Å². The molecule has 1 aliphatic rings. The number of nitrogens with zero attached hydrogens (tertiary/aromatic N) is 2. The van der Waals surface area contributed by atoms with Gasteiger partial charge in [-0.25, -0.2) is 8.42 Å². The maximum atomic E-state index is 12.8. The lowest BCUT2D eigenvalue weighted by Crippen LogP contribution is -2.61. The normalized spacial score (nSPS) is 21.0. The summed E-state index contributed by atoms with van der Waals surface area (Å²) in [6.07, 6.45) is 0. The summed E-state index contributed by atoms with van der Waals surface area (Å²) in [5.41, 5.74) is 0. The van der Waals surface area contributed by atoms with Gasteiger partial charge in [-0.3, -0.25) is 9.69 Å². The molecule has 1 heterocycles. The molecule has 0 spiro atoms. The Morgan fingerprint density at radius 3 is 2.41 bits per heavy atom. The molecular weight excluding hydrogens is 302 g/mol. The molecule has 0 unspecified atom stereocenters. The van der Waals surface area contributed by atoms with E-state index in [2.05, 4.69) is 10.2 Å². The van der Waals surface area contributed by atoms with E-state index in [0.29, 0.717) is 19.6 Å². The largest absolute Gasteiger partial charge is 0.358 e. The van der Waals surface area contributed by atoms with Gasteiger partial charge >= 0.3 is 0 Å². The second kappa shape index (κ2) is 6.76. The Hall–Kier alpha value is -1.44. The van der Waals surface area contributed by atoms with E-state index >= 15 is 0 Å². The van der Waals surface area contributed by atoms with Crippen molar-refractivity contribution in [1.29, 1.82) is 0 Å². The van der Waals surface area contributed by atoms with Crippen LogP contribution in [0.4, 0.5) is 0 Å². The van der Waals surface area contributed by atoms with Crippen LogP contribution in [-0.4, -0.2) is 62.3 Å². The van der Waals surface area contributed by atoms with E-state index in [1.165, 1.54) is 11.4 Å². The van der Waals surface area contributed by atoms with Gasteiger partial charge in [-0.2, -0.15) is 4.31 Å². The van der Waals surface area contributed by atoms with Crippen molar-refractivity contribution in [3.8, 4) is 0 Å². The summed E-state index contributed by atoms with van der Waals surface area (Å²) in [6, 6.07) is 7.83. The molecule has 1 aromatic rings. The third kappa shape index (κ3) is 3.31. The van der Waals surface area contributed by atoms with Crippen molar-refractivity contribution < 1.29 is 13.2 Å². The summed E-state index contributed by atoms with van der Waals surface area (Å²) < 4.78 is 27.0. The maximum absolute atomic E-state index is 12.8. The molecule has 1 fully saturated rings. The number of benzene rings is 1. The molecule has 0 saturated carbocycles. The summed E-state index contributed by atoms with van der Waals surface area (Å²) in [7, 11) is -2.14. The van der Waals surface area contributed by atoms with E-state index in [1.807, 2.05) is 13.8 Å². The number of piperazine rings is 1. The molecule has 2 rings (SSSR count). The molecule has 6 nitrogen and oxygen atoms in total. The lowest BCUT2D eigenvalue weighted by Gasteiger charge is -2.41. The zero-order valence-electron chi connectivity index (χ0n) is 13.2. The molecule has 1 amide bonds. The average Bonchev–Trinajstić information content (AvgIpc) is 2.54. The van der Waals surface area contributed by atoms with E-state index < -0.39 is 16.1 Å². The first kappa shape index (κ1) is 16.9. The first-order valence-corrected chi connectivity index (χ1v) is 8.84. The molecule has 1 atom stereocenters. The van der Waals surface area contributed by atoms with Gasteiger partial charge in [-0.1, -0.05) is 18.2 Å². The minimum Gasteiger partial charge on any atom is -0.358 e. The highest BCUT2D eigenvalue weighted by Gasteiger charge is 2.40. The maximum Gasteiger partial charge on any atom is 0.243 e. The first-order valence-electron chi connectivity index (χ1n) is 7.40. The Bertz CT molecular complexity index is 616. The summed E-state index contributed by atoms with van der Waals surface area (Å²) in [5.74, 6) is -0.273. The van der Waals surface area contributed by atoms with Crippen LogP contribution >= 0.6 is 0 Å². The highest BCUT2D eigenvalue weighted by molar-refractivity contribution is 7.89. The highest BCUT2D eigenvalue weighted by atomic mass is 32.2. The van der Waals surface area contributed by atoms with E-state index in [-0.39, 0.29) is 16.8 Å². The number of carbonyl (C=O) groups excluding carboxylic acids is 1. The van der Waals surface area contributed by atoms with E-state index in [4.69, 9.17) is 0 Å². The number of rotatable bonds is 4. The van der Waals surface area contributed by atoms with Gasteiger partial charge in [0.2, 0.25) is 15.9 Å². The quantitative estimate of drug-likeness (QED) is 0.876. The number of hydrogen-bond acceptors (Lipinski definition) is 4. The van der Waals surface area contributed by atoms with Crippen LogP contribution in [0.25, 0.3) is 0 Å². The molecule has 122 valence electrons.